The molecule has 0 radical (unpaired) electrons. The smallest absolute Gasteiger partial charge is 0.338 e. The fourth-order valence-electron chi connectivity index (χ4n) is 2.27. The summed E-state index contributed by atoms with van der Waals surface area (Å²) in [5, 5.41) is 2.72. The molecule has 1 unspecified atom stereocenters. The van der Waals surface area contributed by atoms with Gasteiger partial charge in [-0.1, -0.05) is 24.3 Å². The highest BCUT2D eigenvalue weighted by molar-refractivity contribution is 9.10. The van der Waals surface area contributed by atoms with Gasteiger partial charge in [-0.15, -0.1) is 0 Å². The summed E-state index contributed by atoms with van der Waals surface area (Å²) in [6.07, 6.45) is 2.45. The van der Waals surface area contributed by atoms with Crippen molar-refractivity contribution in [2.24, 2.45) is 0 Å². The van der Waals surface area contributed by atoms with Gasteiger partial charge in [0.05, 0.1) is 11.3 Å². The third kappa shape index (κ3) is 4.18. The Morgan fingerprint density at radius 2 is 1.88 bits per heavy atom. The number of rotatable bonds is 5. The lowest BCUT2D eigenvalue weighted by Gasteiger charge is -2.14. The second-order valence-corrected chi connectivity index (χ2v) is 6.39. The van der Waals surface area contributed by atoms with Gasteiger partial charge in [0, 0.05) is 22.4 Å². The fraction of sp³-hybridized carbons (Fsp3) is 0.105. The number of hydrogen-bond donors (Lipinski definition) is 2. The highest BCUT2D eigenvalue weighted by Crippen LogP contribution is 2.21. The molecule has 26 heavy (non-hydrogen) atoms. The number of carbonyl (C=O) groups is 2. The van der Waals surface area contributed by atoms with E-state index < -0.39 is 18.0 Å². The van der Waals surface area contributed by atoms with Gasteiger partial charge in [0.25, 0.3) is 5.91 Å². The molecule has 1 heterocycles. The summed E-state index contributed by atoms with van der Waals surface area (Å²) < 4.78 is 6.00. The zero-order valence-electron chi connectivity index (χ0n) is 13.9. The lowest BCUT2D eigenvalue weighted by molar-refractivity contribution is -0.123. The molecule has 2 N–H and O–H groups in total. The Morgan fingerprint density at radius 1 is 1.15 bits per heavy atom. The summed E-state index contributed by atoms with van der Waals surface area (Å²) >= 11 is 3.35. The quantitative estimate of drug-likeness (QED) is 0.618. The number of nitrogens with zero attached hydrogens (tertiary/aromatic N) is 1. The number of halogens is 1. The van der Waals surface area contributed by atoms with Crippen LogP contribution in [0.4, 0.5) is 5.69 Å². The van der Waals surface area contributed by atoms with E-state index in [9.17, 15) is 9.59 Å². The van der Waals surface area contributed by atoms with E-state index in [0.29, 0.717) is 17.1 Å². The Bertz CT molecular complexity index is 908. The summed E-state index contributed by atoms with van der Waals surface area (Å²) in [5.41, 5.74) is 1.83. The maximum absolute atomic E-state index is 12.2. The van der Waals surface area contributed by atoms with E-state index in [4.69, 9.17) is 4.74 Å². The first kappa shape index (κ1) is 17.9. The molecule has 0 fully saturated rings. The number of H-pyrrole nitrogens is 1. The van der Waals surface area contributed by atoms with Crippen LogP contribution in [0.25, 0.3) is 11.4 Å². The molecule has 132 valence electrons. The first-order valence-electron chi connectivity index (χ1n) is 7.91. The normalized spacial score (nSPS) is 11.6. The van der Waals surface area contributed by atoms with Crippen LogP contribution in [0, 0.1) is 0 Å². The van der Waals surface area contributed by atoms with Crippen LogP contribution in [0.3, 0.4) is 0 Å². The summed E-state index contributed by atoms with van der Waals surface area (Å²) in [6.45, 7) is 1.53. The van der Waals surface area contributed by atoms with Gasteiger partial charge >= 0.3 is 5.97 Å². The predicted octanol–water partition coefficient (Wildman–Crippen LogP) is 4.02. The van der Waals surface area contributed by atoms with E-state index in [1.54, 1.807) is 48.8 Å². The molecule has 3 rings (SSSR count). The van der Waals surface area contributed by atoms with Gasteiger partial charge in [0.15, 0.2) is 6.10 Å². The zero-order chi connectivity index (χ0) is 18.5. The molecule has 3 aromatic rings. The Hall–Kier alpha value is -2.93. The largest absolute Gasteiger partial charge is 0.449 e. The van der Waals surface area contributed by atoms with Crippen molar-refractivity contribution in [1.82, 2.24) is 9.97 Å². The standard InChI is InChI=1S/C19H16BrN3O3/c1-12(18(24)23-16-5-3-2-4-15(16)20)26-19(25)14-8-6-13(7-9-14)17-21-10-11-22-17/h2-12H,1H3,(H,21,22)(H,23,24). The molecule has 0 bridgehead atoms. The fourth-order valence-corrected chi connectivity index (χ4v) is 2.65. The molecule has 6 nitrogen and oxygen atoms in total. The Morgan fingerprint density at radius 3 is 2.54 bits per heavy atom. The Labute approximate surface area is 158 Å². The zero-order valence-corrected chi connectivity index (χ0v) is 15.5. The topological polar surface area (TPSA) is 84.1 Å². The molecule has 7 heteroatoms. The van der Waals surface area contributed by atoms with Crippen molar-refractivity contribution < 1.29 is 14.3 Å². The third-order valence-electron chi connectivity index (χ3n) is 3.68. The molecule has 0 saturated heterocycles. The van der Waals surface area contributed by atoms with Crippen LogP contribution in [0.15, 0.2) is 65.4 Å². The monoisotopic (exact) mass is 413 g/mol. The molecule has 1 amide bonds. The lowest BCUT2D eigenvalue weighted by atomic mass is 10.1. The van der Waals surface area contributed by atoms with Gasteiger partial charge in [0.2, 0.25) is 0 Å². The van der Waals surface area contributed by atoms with Gasteiger partial charge < -0.3 is 15.0 Å². The number of amides is 1. The molecule has 0 saturated carbocycles. The van der Waals surface area contributed by atoms with Crippen molar-refractivity contribution in [2.75, 3.05) is 5.32 Å². The van der Waals surface area contributed by atoms with E-state index in [-0.39, 0.29) is 0 Å². The van der Waals surface area contributed by atoms with Crippen LogP contribution in [0.1, 0.15) is 17.3 Å². The average molecular weight is 414 g/mol. The number of nitrogens with one attached hydrogen (secondary N) is 2. The van der Waals surface area contributed by atoms with Crippen LogP contribution in [0.2, 0.25) is 0 Å². The highest BCUT2D eigenvalue weighted by atomic mass is 79.9. The Kier molecular flexibility index (Phi) is 5.48. The Balaban J connectivity index is 1.61. The van der Waals surface area contributed by atoms with Crippen molar-refractivity contribution in [3.8, 4) is 11.4 Å². The number of carbonyl (C=O) groups excluding carboxylic acids is 2. The van der Waals surface area contributed by atoms with Crippen molar-refractivity contribution in [3.63, 3.8) is 0 Å². The van der Waals surface area contributed by atoms with E-state index in [0.717, 1.165) is 10.0 Å². The number of ether oxygens (including phenoxy) is 1. The number of aromatic nitrogens is 2. The number of benzene rings is 2. The molecule has 0 aliphatic heterocycles. The molecule has 0 aliphatic carbocycles. The van der Waals surface area contributed by atoms with Crippen LogP contribution in [-0.4, -0.2) is 27.9 Å². The van der Waals surface area contributed by atoms with Crippen molar-refractivity contribution in [2.45, 2.75) is 13.0 Å². The minimum absolute atomic E-state index is 0.362. The SMILES string of the molecule is CC(OC(=O)c1ccc(-c2ncc[nH]2)cc1)C(=O)Nc1ccccc1Br. The van der Waals surface area contributed by atoms with Crippen LogP contribution in [-0.2, 0) is 9.53 Å². The van der Waals surface area contributed by atoms with Gasteiger partial charge in [-0.05, 0) is 47.1 Å². The average Bonchev–Trinajstić information content (AvgIpc) is 3.18. The van der Waals surface area contributed by atoms with Gasteiger partial charge in [0.1, 0.15) is 5.82 Å². The molecule has 1 atom stereocenters. The number of esters is 1. The molecular weight excluding hydrogens is 398 g/mol. The van der Waals surface area contributed by atoms with Gasteiger partial charge in [-0.2, -0.15) is 0 Å². The summed E-state index contributed by atoms with van der Waals surface area (Å²) in [7, 11) is 0. The van der Waals surface area contributed by atoms with Crippen molar-refractivity contribution in [3.05, 3.63) is 71.0 Å². The first-order valence-corrected chi connectivity index (χ1v) is 8.70. The van der Waals surface area contributed by atoms with Crippen LogP contribution in [0.5, 0.6) is 0 Å². The van der Waals surface area contributed by atoms with Crippen molar-refractivity contribution in [1.29, 1.82) is 0 Å². The first-order chi connectivity index (χ1) is 12.5. The number of hydrogen-bond acceptors (Lipinski definition) is 4. The molecule has 0 spiro atoms. The van der Waals surface area contributed by atoms with Gasteiger partial charge in [-0.25, -0.2) is 9.78 Å². The number of para-hydroxylation sites is 1. The van der Waals surface area contributed by atoms with Gasteiger partial charge in [-0.3, -0.25) is 4.79 Å². The summed E-state index contributed by atoms with van der Waals surface area (Å²) in [5.74, 6) is -0.255. The van der Waals surface area contributed by atoms with Crippen LogP contribution < -0.4 is 5.32 Å². The second-order valence-electron chi connectivity index (χ2n) is 5.53. The third-order valence-corrected chi connectivity index (χ3v) is 4.37. The minimum atomic E-state index is -0.931. The molecule has 0 aliphatic rings. The lowest BCUT2D eigenvalue weighted by Crippen LogP contribution is -2.30. The maximum atomic E-state index is 12.2. The van der Waals surface area contributed by atoms with Crippen molar-refractivity contribution >= 4 is 33.5 Å². The molecular formula is C19H16BrN3O3. The number of imidazole rings is 1. The number of anilines is 1. The second kappa shape index (κ2) is 7.97. The minimum Gasteiger partial charge on any atom is -0.449 e. The maximum Gasteiger partial charge on any atom is 0.338 e. The van der Waals surface area contributed by atoms with E-state index in [1.807, 2.05) is 12.1 Å². The highest BCUT2D eigenvalue weighted by Gasteiger charge is 2.19. The van der Waals surface area contributed by atoms with Crippen LogP contribution >= 0.6 is 15.9 Å². The molecule has 2 aromatic carbocycles. The predicted molar refractivity (Wildman–Crippen MR) is 102 cm³/mol. The molecule has 1 aromatic heterocycles. The number of aromatic amines is 1. The summed E-state index contributed by atoms with van der Waals surface area (Å²) in [4.78, 5) is 31.6. The van der Waals surface area contributed by atoms with E-state index >= 15 is 0 Å². The summed E-state index contributed by atoms with van der Waals surface area (Å²) in [6, 6.07) is 14.0. The van der Waals surface area contributed by atoms with E-state index in [2.05, 4.69) is 31.2 Å². The van der Waals surface area contributed by atoms with E-state index in [1.165, 1.54) is 6.92 Å².